The summed E-state index contributed by atoms with van der Waals surface area (Å²) in [7, 11) is 0. The maximum absolute atomic E-state index is 12.7. The molecule has 0 N–H and O–H groups in total. The lowest BCUT2D eigenvalue weighted by atomic mass is 9.78. The number of carbonyl (C=O) groups is 1. The number of halogens is 1. The fourth-order valence-corrected chi connectivity index (χ4v) is 2.29. The van der Waals surface area contributed by atoms with Gasteiger partial charge in [0.1, 0.15) is 0 Å². The second kappa shape index (κ2) is 5.04. The molecule has 2 heterocycles. The van der Waals surface area contributed by atoms with Crippen LogP contribution in [0.5, 0.6) is 0 Å². The van der Waals surface area contributed by atoms with Gasteiger partial charge in [-0.15, -0.1) is 0 Å². The molecule has 4 heteroatoms. The molecule has 1 saturated heterocycles. The maximum atomic E-state index is 12.7. The molecule has 18 heavy (non-hydrogen) atoms. The number of hydrogen-bond acceptors (Lipinski definition) is 2. The number of pyridine rings is 1. The Morgan fingerprint density at radius 3 is 2.61 bits per heavy atom. The first-order chi connectivity index (χ1) is 8.54. The third-order valence-electron chi connectivity index (χ3n) is 4.09. The number of likely N-dealkylation sites (tertiary alicyclic amines) is 1. The van der Waals surface area contributed by atoms with E-state index in [0.29, 0.717) is 11.0 Å². The second-order valence-electron chi connectivity index (χ2n) is 5.33. The molecule has 0 aliphatic carbocycles. The summed E-state index contributed by atoms with van der Waals surface area (Å²) in [5.41, 5.74) is 0.828. The Balaban J connectivity index is 2.01. The highest BCUT2D eigenvalue weighted by Crippen LogP contribution is 2.34. The number of nitrogens with zero attached hydrogens (tertiary/aromatic N) is 2. The molecule has 0 atom stereocenters. The van der Waals surface area contributed by atoms with Crippen molar-refractivity contribution < 1.29 is 9.18 Å². The largest absolute Gasteiger partial charge is 0.339 e. The van der Waals surface area contributed by atoms with Gasteiger partial charge in [-0.3, -0.25) is 4.79 Å². The highest BCUT2D eigenvalue weighted by atomic mass is 19.1. The van der Waals surface area contributed by atoms with Crippen LogP contribution in [0.2, 0.25) is 0 Å². The third kappa shape index (κ3) is 2.68. The molecule has 1 amide bonds. The molecule has 1 aliphatic heterocycles. The first-order valence-corrected chi connectivity index (χ1v) is 6.45. The molecule has 0 saturated carbocycles. The van der Waals surface area contributed by atoms with E-state index in [9.17, 15) is 9.18 Å². The van der Waals surface area contributed by atoms with Crippen LogP contribution in [-0.4, -0.2) is 28.9 Å². The zero-order chi connectivity index (χ0) is 13.2. The standard InChI is InChI=1S/C14H19FN2O/c1-3-14(2)6-8-17(9-7-14)13(18)11-4-5-12(15)16-10-11/h4-5,10H,3,6-9H2,1-2H3. The Hall–Kier alpha value is -1.45. The molecular formula is C14H19FN2O. The smallest absolute Gasteiger partial charge is 0.255 e. The Morgan fingerprint density at radius 2 is 2.11 bits per heavy atom. The second-order valence-corrected chi connectivity index (χ2v) is 5.33. The van der Waals surface area contributed by atoms with Crippen molar-refractivity contribution in [2.75, 3.05) is 13.1 Å². The highest BCUT2D eigenvalue weighted by molar-refractivity contribution is 5.93. The van der Waals surface area contributed by atoms with E-state index in [0.717, 1.165) is 32.4 Å². The minimum absolute atomic E-state index is 0.0411. The van der Waals surface area contributed by atoms with E-state index in [2.05, 4.69) is 18.8 Å². The Labute approximate surface area is 107 Å². The minimum atomic E-state index is -0.552. The van der Waals surface area contributed by atoms with Gasteiger partial charge >= 0.3 is 0 Å². The summed E-state index contributed by atoms with van der Waals surface area (Å²) in [4.78, 5) is 17.5. The van der Waals surface area contributed by atoms with Crippen LogP contribution in [0, 0.1) is 11.4 Å². The van der Waals surface area contributed by atoms with Crippen molar-refractivity contribution in [1.29, 1.82) is 0 Å². The van der Waals surface area contributed by atoms with Gasteiger partial charge in [-0.25, -0.2) is 4.98 Å². The predicted octanol–water partition coefficient (Wildman–Crippen LogP) is 2.87. The van der Waals surface area contributed by atoms with Gasteiger partial charge in [0.25, 0.3) is 5.91 Å². The van der Waals surface area contributed by atoms with Crippen LogP contribution in [0.4, 0.5) is 4.39 Å². The number of piperidine rings is 1. The summed E-state index contributed by atoms with van der Waals surface area (Å²) in [6.07, 6.45) is 4.52. The van der Waals surface area contributed by atoms with E-state index >= 15 is 0 Å². The lowest BCUT2D eigenvalue weighted by Gasteiger charge is -2.38. The zero-order valence-electron chi connectivity index (χ0n) is 10.9. The summed E-state index contributed by atoms with van der Waals surface area (Å²) in [6.45, 7) is 6.02. The van der Waals surface area contributed by atoms with Crippen molar-refractivity contribution in [2.45, 2.75) is 33.1 Å². The number of rotatable bonds is 2. The molecule has 1 aromatic rings. The van der Waals surface area contributed by atoms with Gasteiger partial charge in [0.15, 0.2) is 0 Å². The molecule has 3 nitrogen and oxygen atoms in total. The van der Waals surface area contributed by atoms with Crippen LogP contribution >= 0.6 is 0 Å². The number of carbonyl (C=O) groups excluding carboxylic acids is 1. The maximum Gasteiger partial charge on any atom is 0.255 e. The average molecular weight is 250 g/mol. The Morgan fingerprint density at radius 1 is 1.44 bits per heavy atom. The molecule has 1 fully saturated rings. The van der Waals surface area contributed by atoms with E-state index in [1.54, 1.807) is 0 Å². The van der Waals surface area contributed by atoms with E-state index in [1.807, 2.05) is 4.90 Å². The van der Waals surface area contributed by atoms with Gasteiger partial charge in [0, 0.05) is 19.3 Å². The monoisotopic (exact) mass is 250 g/mol. The molecular weight excluding hydrogens is 231 g/mol. The number of hydrogen-bond donors (Lipinski definition) is 0. The summed E-state index contributed by atoms with van der Waals surface area (Å²) in [6, 6.07) is 2.73. The Kier molecular flexibility index (Phi) is 3.64. The van der Waals surface area contributed by atoms with Crippen molar-refractivity contribution >= 4 is 5.91 Å². The van der Waals surface area contributed by atoms with Crippen molar-refractivity contribution in [3.8, 4) is 0 Å². The van der Waals surface area contributed by atoms with Crippen LogP contribution in [0.25, 0.3) is 0 Å². The normalized spacial score (nSPS) is 18.7. The zero-order valence-corrected chi connectivity index (χ0v) is 10.9. The van der Waals surface area contributed by atoms with Gasteiger partial charge in [0.2, 0.25) is 5.95 Å². The Bertz CT molecular complexity index is 422. The van der Waals surface area contributed by atoms with Crippen molar-refractivity contribution in [1.82, 2.24) is 9.88 Å². The molecule has 0 unspecified atom stereocenters. The van der Waals surface area contributed by atoms with E-state index in [1.165, 1.54) is 18.3 Å². The van der Waals surface area contributed by atoms with Crippen molar-refractivity contribution in [3.05, 3.63) is 29.8 Å². The molecule has 98 valence electrons. The summed E-state index contributed by atoms with van der Waals surface area (Å²) < 4.78 is 12.7. The van der Waals surface area contributed by atoms with Crippen molar-refractivity contribution in [3.63, 3.8) is 0 Å². The molecule has 1 aliphatic rings. The third-order valence-corrected chi connectivity index (χ3v) is 4.09. The number of aromatic nitrogens is 1. The number of amides is 1. The fraction of sp³-hybridized carbons (Fsp3) is 0.571. The lowest BCUT2D eigenvalue weighted by Crippen LogP contribution is -2.42. The van der Waals surface area contributed by atoms with Crippen LogP contribution in [0.1, 0.15) is 43.5 Å². The van der Waals surface area contributed by atoms with Crippen LogP contribution in [0.15, 0.2) is 18.3 Å². The van der Waals surface area contributed by atoms with Gasteiger partial charge in [-0.05, 0) is 30.4 Å². The SMILES string of the molecule is CCC1(C)CCN(C(=O)c2ccc(F)nc2)CC1. The van der Waals surface area contributed by atoms with E-state index < -0.39 is 5.95 Å². The van der Waals surface area contributed by atoms with Gasteiger partial charge in [-0.2, -0.15) is 4.39 Å². The molecule has 0 radical (unpaired) electrons. The molecule has 1 aromatic heterocycles. The average Bonchev–Trinajstić information content (AvgIpc) is 2.40. The highest BCUT2D eigenvalue weighted by Gasteiger charge is 2.30. The molecule has 0 aromatic carbocycles. The molecule has 2 rings (SSSR count). The molecule has 0 bridgehead atoms. The minimum Gasteiger partial charge on any atom is -0.339 e. The van der Waals surface area contributed by atoms with Crippen LogP contribution in [0.3, 0.4) is 0 Å². The summed E-state index contributed by atoms with van der Waals surface area (Å²) in [5, 5.41) is 0. The van der Waals surface area contributed by atoms with Crippen LogP contribution in [-0.2, 0) is 0 Å². The van der Waals surface area contributed by atoms with Gasteiger partial charge < -0.3 is 4.90 Å². The molecule has 0 spiro atoms. The first kappa shape index (κ1) is 13.0. The van der Waals surface area contributed by atoms with E-state index in [-0.39, 0.29) is 5.91 Å². The van der Waals surface area contributed by atoms with Gasteiger partial charge in [-0.1, -0.05) is 20.3 Å². The summed E-state index contributed by atoms with van der Waals surface area (Å²) in [5.74, 6) is -0.593. The fourth-order valence-electron chi connectivity index (χ4n) is 2.29. The quantitative estimate of drug-likeness (QED) is 0.756. The topological polar surface area (TPSA) is 33.2 Å². The van der Waals surface area contributed by atoms with Crippen LogP contribution < -0.4 is 0 Å². The van der Waals surface area contributed by atoms with Gasteiger partial charge in [0.05, 0.1) is 5.56 Å². The first-order valence-electron chi connectivity index (χ1n) is 6.45. The van der Waals surface area contributed by atoms with E-state index in [4.69, 9.17) is 0 Å². The van der Waals surface area contributed by atoms with Crippen molar-refractivity contribution in [2.24, 2.45) is 5.41 Å². The summed E-state index contributed by atoms with van der Waals surface area (Å²) >= 11 is 0. The predicted molar refractivity (Wildman–Crippen MR) is 67.7 cm³/mol. The lowest BCUT2D eigenvalue weighted by molar-refractivity contribution is 0.0600.